The van der Waals surface area contributed by atoms with Crippen LogP contribution in [0.5, 0.6) is 5.95 Å². The van der Waals surface area contributed by atoms with Crippen LogP contribution in [0.4, 0.5) is 5.69 Å². The highest BCUT2D eigenvalue weighted by Crippen LogP contribution is 2.20. The van der Waals surface area contributed by atoms with E-state index in [4.69, 9.17) is 14.4 Å². The van der Waals surface area contributed by atoms with Gasteiger partial charge in [0.15, 0.2) is 11.1 Å². The molecule has 2 rings (SSSR count). The summed E-state index contributed by atoms with van der Waals surface area (Å²) in [6, 6.07) is 6.69. The molecule has 0 fully saturated rings. The van der Waals surface area contributed by atoms with Crippen molar-refractivity contribution in [2.45, 2.75) is 27.7 Å². The third-order valence-corrected chi connectivity index (χ3v) is 4.25. The number of quaternary nitrogens is 1. The summed E-state index contributed by atoms with van der Waals surface area (Å²) < 4.78 is 10.8. The first-order valence-electron chi connectivity index (χ1n) is 8.79. The molecule has 1 heterocycles. The molecule has 1 unspecified atom stereocenters. The van der Waals surface area contributed by atoms with Crippen molar-refractivity contribution in [2.75, 3.05) is 7.11 Å². The minimum atomic E-state index is -0.942. The van der Waals surface area contributed by atoms with Crippen LogP contribution in [-0.4, -0.2) is 12.3 Å². The number of hydrogen-bond donors (Lipinski definition) is 2. The van der Waals surface area contributed by atoms with Crippen molar-refractivity contribution in [2.24, 2.45) is 0 Å². The van der Waals surface area contributed by atoms with Gasteiger partial charge in [-0.05, 0) is 51.5 Å². The molecule has 0 aliphatic rings. The zero-order valence-corrected chi connectivity index (χ0v) is 16.7. The van der Waals surface area contributed by atoms with Crippen LogP contribution in [0.3, 0.4) is 0 Å². The molecule has 0 spiro atoms. The zero-order chi connectivity index (χ0) is 20.8. The van der Waals surface area contributed by atoms with E-state index in [1.807, 2.05) is 32.1 Å². The summed E-state index contributed by atoms with van der Waals surface area (Å²) in [6.45, 7) is 7.30. The van der Waals surface area contributed by atoms with E-state index in [1.165, 1.54) is 7.11 Å². The summed E-state index contributed by atoms with van der Waals surface area (Å²) >= 11 is 0. The maximum atomic E-state index is 12.2. The fraction of sp³-hybridized carbons (Fsp3) is 0.227. The average Bonchev–Trinajstić information content (AvgIpc) is 2.66. The van der Waals surface area contributed by atoms with Crippen LogP contribution in [0, 0.1) is 19.1 Å². The highest BCUT2D eigenvalue weighted by Gasteiger charge is 2.12. The summed E-state index contributed by atoms with van der Waals surface area (Å²) in [5, 5.41) is 18.9. The van der Waals surface area contributed by atoms with Crippen molar-refractivity contribution in [1.82, 2.24) is 0 Å². The number of methoxy groups -OCH3 is 1. The van der Waals surface area contributed by atoms with Gasteiger partial charge in [0.1, 0.15) is 5.76 Å². The standard InChI is InChI=1S/C22H25NO5/c1-14(6-11-20-16(3)21(24)17(4)22(27-5)28-20)12-15(2)13-18-7-9-19(10-8-18)23(25)26/h6-13,23,25H,1-5H3. The Morgan fingerprint density at radius 2 is 1.79 bits per heavy atom. The van der Waals surface area contributed by atoms with Gasteiger partial charge in [-0.3, -0.25) is 4.79 Å². The van der Waals surface area contributed by atoms with Gasteiger partial charge in [-0.15, -0.1) is 0 Å². The van der Waals surface area contributed by atoms with Crippen molar-refractivity contribution in [3.63, 3.8) is 0 Å². The Morgan fingerprint density at radius 3 is 2.36 bits per heavy atom. The van der Waals surface area contributed by atoms with Crippen molar-refractivity contribution in [3.05, 3.63) is 85.4 Å². The number of hydrogen-bond acceptors (Lipinski definition) is 5. The molecule has 0 aliphatic carbocycles. The molecule has 0 aliphatic heterocycles. The SMILES string of the molecule is COc1oc(C=CC(C)=CC(C)=Cc2ccc([NH+]([O-])O)cc2)c(C)c(=O)c1C. The predicted octanol–water partition coefficient (Wildman–Crippen LogP) is 3.73. The first-order chi connectivity index (χ1) is 13.2. The fourth-order valence-electron chi connectivity index (χ4n) is 2.73. The first kappa shape index (κ1) is 21.4. The van der Waals surface area contributed by atoms with Gasteiger partial charge >= 0.3 is 0 Å². The predicted molar refractivity (Wildman–Crippen MR) is 110 cm³/mol. The molecule has 0 radical (unpaired) electrons. The molecule has 2 N–H and O–H groups in total. The lowest BCUT2D eigenvalue weighted by atomic mass is 10.1. The third kappa shape index (κ3) is 5.29. The molecule has 0 saturated heterocycles. The van der Waals surface area contributed by atoms with Gasteiger partial charge in [0.05, 0.1) is 12.7 Å². The van der Waals surface area contributed by atoms with Gasteiger partial charge in [0, 0.05) is 17.7 Å². The number of rotatable bonds is 6. The molecule has 1 atom stereocenters. The highest BCUT2D eigenvalue weighted by atomic mass is 16.8. The van der Waals surface area contributed by atoms with Crippen LogP contribution in [-0.2, 0) is 0 Å². The maximum Gasteiger partial charge on any atom is 0.291 e. The Balaban J connectivity index is 2.21. The second-order valence-corrected chi connectivity index (χ2v) is 6.57. The monoisotopic (exact) mass is 383 g/mol. The molecular weight excluding hydrogens is 358 g/mol. The molecule has 1 aromatic carbocycles. The maximum absolute atomic E-state index is 12.2. The second kappa shape index (κ2) is 9.32. The lowest BCUT2D eigenvalue weighted by Crippen LogP contribution is -2.99. The highest BCUT2D eigenvalue weighted by molar-refractivity contribution is 5.58. The summed E-state index contributed by atoms with van der Waals surface area (Å²) in [4.78, 5) is 12.2. The summed E-state index contributed by atoms with van der Waals surface area (Å²) in [6.07, 6.45) is 7.56. The Kier molecular flexibility index (Phi) is 7.12. The number of nitrogens with one attached hydrogen (secondary N) is 1. The second-order valence-electron chi connectivity index (χ2n) is 6.57. The van der Waals surface area contributed by atoms with Crippen LogP contribution in [0.25, 0.3) is 12.2 Å². The van der Waals surface area contributed by atoms with Gasteiger partial charge < -0.3 is 14.4 Å². The van der Waals surface area contributed by atoms with Crippen molar-refractivity contribution in [3.8, 4) is 5.95 Å². The van der Waals surface area contributed by atoms with Crippen LogP contribution in [0.2, 0.25) is 0 Å². The van der Waals surface area contributed by atoms with E-state index in [-0.39, 0.29) is 17.1 Å². The molecule has 2 aromatic rings. The van der Waals surface area contributed by atoms with Crippen LogP contribution >= 0.6 is 0 Å². The van der Waals surface area contributed by atoms with Gasteiger partial charge in [-0.25, -0.2) is 5.21 Å². The van der Waals surface area contributed by atoms with E-state index in [9.17, 15) is 10.0 Å². The molecule has 1 aromatic heterocycles. The van der Waals surface area contributed by atoms with Crippen LogP contribution in [0.1, 0.15) is 36.3 Å². The number of allylic oxidation sites excluding steroid dienone is 4. The Labute approximate surface area is 164 Å². The molecule has 0 saturated carbocycles. The van der Waals surface area contributed by atoms with E-state index in [0.29, 0.717) is 16.9 Å². The van der Waals surface area contributed by atoms with E-state index < -0.39 is 5.23 Å². The quantitative estimate of drug-likeness (QED) is 0.586. The number of benzene rings is 1. The van der Waals surface area contributed by atoms with Crippen LogP contribution < -0.4 is 15.4 Å². The molecule has 28 heavy (non-hydrogen) atoms. The average molecular weight is 383 g/mol. The van der Waals surface area contributed by atoms with E-state index in [0.717, 1.165) is 16.7 Å². The fourth-order valence-corrected chi connectivity index (χ4v) is 2.73. The Hall–Kier alpha value is -2.93. The largest absolute Gasteiger partial charge is 0.595 e. The molecule has 0 amide bonds. The normalized spacial score (nSPS) is 13.8. The molecule has 6 nitrogen and oxygen atoms in total. The molecule has 148 valence electrons. The Morgan fingerprint density at radius 1 is 1.14 bits per heavy atom. The first-order valence-corrected chi connectivity index (χ1v) is 8.79. The third-order valence-electron chi connectivity index (χ3n) is 4.25. The molecule has 0 bridgehead atoms. The lowest BCUT2D eigenvalue weighted by Gasteiger charge is -2.10. The zero-order valence-electron chi connectivity index (χ0n) is 16.7. The van der Waals surface area contributed by atoms with E-state index >= 15 is 0 Å². The van der Waals surface area contributed by atoms with E-state index in [2.05, 4.69) is 0 Å². The van der Waals surface area contributed by atoms with E-state index in [1.54, 1.807) is 44.2 Å². The summed E-state index contributed by atoms with van der Waals surface area (Å²) in [5.74, 6) is 0.684. The van der Waals surface area contributed by atoms with Crippen molar-refractivity contribution in [1.29, 1.82) is 0 Å². The topological polar surface area (TPSA) is 87.2 Å². The van der Waals surface area contributed by atoms with Crippen molar-refractivity contribution >= 4 is 17.8 Å². The van der Waals surface area contributed by atoms with Gasteiger partial charge in [0.25, 0.3) is 5.95 Å². The van der Waals surface area contributed by atoms with Gasteiger partial charge in [-0.1, -0.05) is 29.4 Å². The molecular formula is C22H25NO5. The molecule has 6 heteroatoms. The minimum Gasteiger partial charge on any atom is -0.595 e. The smallest absolute Gasteiger partial charge is 0.291 e. The number of ether oxygens (including phenoxy) is 1. The lowest BCUT2D eigenvalue weighted by molar-refractivity contribution is -0.991. The van der Waals surface area contributed by atoms with Crippen LogP contribution in [0.15, 0.2) is 56.8 Å². The minimum absolute atomic E-state index is 0.0923. The summed E-state index contributed by atoms with van der Waals surface area (Å²) in [5.41, 5.74) is 4.05. The van der Waals surface area contributed by atoms with Gasteiger partial charge in [-0.2, -0.15) is 5.23 Å². The van der Waals surface area contributed by atoms with Crippen molar-refractivity contribution < 1.29 is 19.6 Å². The van der Waals surface area contributed by atoms with Gasteiger partial charge in [0.2, 0.25) is 0 Å². The summed E-state index contributed by atoms with van der Waals surface area (Å²) in [7, 11) is 1.47. The Bertz CT molecular complexity index is 979.